The summed E-state index contributed by atoms with van der Waals surface area (Å²) in [5.74, 6) is 1.17. The summed E-state index contributed by atoms with van der Waals surface area (Å²) in [6.07, 6.45) is 6.32. The van der Waals surface area contributed by atoms with Crippen molar-refractivity contribution < 1.29 is 0 Å². The molecule has 0 atom stereocenters. The number of hydrogen-bond donors (Lipinski definition) is 2. The van der Waals surface area contributed by atoms with Crippen LogP contribution in [0.15, 0.2) is 35.3 Å². The van der Waals surface area contributed by atoms with Crippen LogP contribution in [0.25, 0.3) is 10.9 Å². The second kappa shape index (κ2) is 7.11. The van der Waals surface area contributed by atoms with Gasteiger partial charge in [0.25, 0.3) is 5.56 Å². The molecule has 1 aliphatic heterocycles. The minimum atomic E-state index is -0.292. The molecule has 3 aromatic rings. The molecular formula is C19H22N6O. The minimum absolute atomic E-state index is 0.292. The fourth-order valence-corrected chi connectivity index (χ4v) is 3.27. The number of aromatic nitrogens is 4. The van der Waals surface area contributed by atoms with Gasteiger partial charge in [-0.25, -0.2) is 10.1 Å². The first-order chi connectivity index (χ1) is 12.7. The lowest BCUT2D eigenvalue weighted by molar-refractivity contribution is 0.726. The summed E-state index contributed by atoms with van der Waals surface area (Å²) >= 11 is 0. The Kier molecular flexibility index (Phi) is 4.51. The van der Waals surface area contributed by atoms with Crippen molar-refractivity contribution in [1.82, 2.24) is 20.2 Å². The van der Waals surface area contributed by atoms with Gasteiger partial charge in [0.15, 0.2) is 0 Å². The van der Waals surface area contributed by atoms with Gasteiger partial charge in [0, 0.05) is 18.8 Å². The molecule has 0 spiro atoms. The number of nitrogens with one attached hydrogen (secondary N) is 2. The Morgan fingerprint density at radius 2 is 1.77 bits per heavy atom. The molecular weight excluding hydrogens is 328 g/mol. The smallest absolute Gasteiger partial charge is 0.277 e. The van der Waals surface area contributed by atoms with Crippen LogP contribution in [0.2, 0.25) is 0 Å². The molecule has 1 aromatic carbocycles. The van der Waals surface area contributed by atoms with Crippen LogP contribution in [-0.4, -0.2) is 33.3 Å². The lowest BCUT2D eigenvalue weighted by atomic mass is 10.2. The summed E-state index contributed by atoms with van der Waals surface area (Å²) in [6, 6.07) is 7.99. The van der Waals surface area contributed by atoms with Gasteiger partial charge < -0.3 is 10.2 Å². The van der Waals surface area contributed by atoms with Gasteiger partial charge in [0.05, 0.1) is 6.20 Å². The van der Waals surface area contributed by atoms with E-state index < -0.39 is 0 Å². The molecule has 0 bridgehead atoms. The third kappa shape index (κ3) is 3.37. The molecule has 0 aliphatic carbocycles. The van der Waals surface area contributed by atoms with Crippen molar-refractivity contribution in [1.29, 1.82) is 0 Å². The average Bonchev–Trinajstić information content (AvgIpc) is 2.93. The van der Waals surface area contributed by atoms with E-state index in [-0.39, 0.29) is 5.56 Å². The van der Waals surface area contributed by atoms with E-state index in [0.717, 1.165) is 31.6 Å². The zero-order valence-electron chi connectivity index (χ0n) is 14.8. The fourth-order valence-electron chi connectivity index (χ4n) is 3.27. The van der Waals surface area contributed by atoms with Gasteiger partial charge in [-0.15, -0.1) is 0 Å². The second-order valence-electron chi connectivity index (χ2n) is 6.72. The van der Waals surface area contributed by atoms with Gasteiger partial charge in [-0.1, -0.05) is 30.5 Å². The molecule has 1 aliphatic rings. The van der Waals surface area contributed by atoms with E-state index in [1.807, 2.05) is 31.2 Å². The number of rotatable bonds is 3. The Bertz CT molecular complexity index is 958. The lowest BCUT2D eigenvalue weighted by Crippen LogP contribution is -2.26. The van der Waals surface area contributed by atoms with Crippen LogP contribution < -0.4 is 15.8 Å². The molecule has 0 unspecified atom stereocenters. The minimum Gasteiger partial charge on any atom is -0.341 e. The van der Waals surface area contributed by atoms with Crippen molar-refractivity contribution in [3.8, 4) is 0 Å². The highest BCUT2D eigenvalue weighted by Crippen LogP contribution is 2.25. The van der Waals surface area contributed by atoms with Crippen LogP contribution in [0.5, 0.6) is 0 Å². The summed E-state index contributed by atoms with van der Waals surface area (Å²) in [4.78, 5) is 23.8. The van der Waals surface area contributed by atoms with Crippen molar-refractivity contribution in [2.24, 2.45) is 0 Å². The van der Waals surface area contributed by atoms with Crippen molar-refractivity contribution in [3.63, 3.8) is 0 Å². The molecule has 134 valence electrons. The monoisotopic (exact) mass is 350 g/mol. The third-order valence-electron chi connectivity index (χ3n) is 4.71. The maximum absolute atomic E-state index is 12.3. The Balaban J connectivity index is 1.80. The topological polar surface area (TPSA) is 86.8 Å². The fraction of sp³-hybridized carbons (Fsp3) is 0.368. The molecule has 0 amide bonds. The number of nitrogens with zero attached hydrogens (tertiary/aromatic N) is 4. The van der Waals surface area contributed by atoms with E-state index >= 15 is 0 Å². The first kappa shape index (κ1) is 16.5. The van der Waals surface area contributed by atoms with E-state index in [1.165, 1.54) is 18.4 Å². The molecule has 2 N–H and O–H groups in total. The third-order valence-corrected chi connectivity index (χ3v) is 4.71. The van der Waals surface area contributed by atoms with E-state index in [9.17, 15) is 4.79 Å². The van der Waals surface area contributed by atoms with Crippen LogP contribution in [0.4, 0.5) is 17.5 Å². The van der Waals surface area contributed by atoms with Crippen molar-refractivity contribution >= 4 is 28.4 Å². The first-order valence-corrected chi connectivity index (χ1v) is 9.05. The standard InChI is InChI=1S/C19H22N6O/c1-13-6-8-14(9-7-13)21-17-16-15(12-20-24-18(16)26)22-19(23-17)25-10-4-2-3-5-11-25/h6-9,12H,2-5,10-11H2,1H3,(H,24,26)(H,21,22,23). The van der Waals surface area contributed by atoms with Crippen LogP contribution in [0.3, 0.4) is 0 Å². The summed E-state index contributed by atoms with van der Waals surface area (Å²) in [7, 11) is 0. The van der Waals surface area contributed by atoms with Gasteiger partial charge in [0.2, 0.25) is 5.95 Å². The molecule has 3 heterocycles. The highest BCUT2D eigenvalue weighted by atomic mass is 16.1. The lowest BCUT2D eigenvalue weighted by Gasteiger charge is -2.21. The first-order valence-electron chi connectivity index (χ1n) is 9.05. The van der Waals surface area contributed by atoms with Crippen LogP contribution in [0.1, 0.15) is 31.2 Å². The normalized spacial score (nSPS) is 15.0. The predicted molar refractivity (Wildman–Crippen MR) is 103 cm³/mol. The Hall–Kier alpha value is -2.96. The highest BCUT2D eigenvalue weighted by Gasteiger charge is 2.17. The molecule has 26 heavy (non-hydrogen) atoms. The van der Waals surface area contributed by atoms with Crippen LogP contribution >= 0.6 is 0 Å². The van der Waals surface area contributed by atoms with Crippen molar-refractivity contribution in [2.75, 3.05) is 23.3 Å². The van der Waals surface area contributed by atoms with Crippen LogP contribution in [-0.2, 0) is 0 Å². The molecule has 7 heteroatoms. The predicted octanol–water partition coefficient (Wildman–Crippen LogP) is 3.15. The molecule has 2 aromatic heterocycles. The summed E-state index contributed by atoms with van der Waals surface area (Å²) in [5, 5.41) is 10.1. The Morgan fingerprint density at radius 1 is 1.04 bits per heavy atom. The van der Waals surface area contributed by atoms with Crippen LogP contribution in [0, 0.1) is 6.92 Å². The average molecular weight is 350 g/mol. The maximum Gasteiger partial charge on any atom is 0.277 e. The molecule has 0 saturated carbocycles. The number of H-pyrrole nitrogens is 1. The summed E-state index contributed by atoms with van der Waals surface area (Å²) < 4.78 is 0. The molecule has 1 fully saturated rings. The Morgan fingerprint density at radius 3 is 2.50 bits per heavy atom. The molecule has 7 nitrogen and oxygen atoms in total. The number of aryl methyl sites for hydroxylation is 1. The van der Waals surface area contributed by atoms with Gasteiger partial charge in [-0.05, 0) is 31.9 Å². The largest absolute Gasteiger partial charge is 0.341 e. The SMILES string of the molecule is Cc1ccc(Nc2nc(N3CCCCCC3)nc3cn[nH]c(=O)c23)cc1. The number of aromatic amines is 1. The Labute approximate surface area is 151 Å². The van der Waals surface area contributed by atoms with Gasteiger partial charge >= 0.3 is 0 Å². The summed E-state index contributed by atoms with van der Waals surface area (Å²) in [6.45, 7) is 3.91. The van der Waals surface area contributed by atoms with E-state index in [1.54, 1.807) is 6.20 Å². The zero-order valence-corrected chi connectivity index (χ0v) is 14.8. The summed E-state index contributed by atoms with van der Waals surface area (Å²) in [5.41, 5.74) is 2.32. The number of anilines is 3. The number of hydrogen-bond acceptors (Lipinski definition) is 6. The zero-order chi connectivity index (χ0) is 17.9. The highest BCUT2D eigenvalue weighted by molar-refractivity contribution is 5.90. The second-order valence-corrected chi connectivity index (χ2v) is 6.72. The van der Waals surface area contributed by atoms with Crippen molar-refractivity contribution in [2.45, 2.75) is 32.6 Å². The van der Waals surface area contributed by atoms with Gasteiger partial charge in [-0.2, -0.15) is 10.1 Å². The van der Waals surface area contributed by atoms with Gasteiger partial charge in [-0.3, -0.25) is 4.79 Å². The van der Waals surface area contributed by atoms with E-state index in [2.05, 4.69) is 25.4 Å². The van der Waals surface area contributed by atoms with E-state index in [0.29, 0.717) is 22.7 Å². The number of fused-ring (bicyclic) bond motifs is 1. The molecule has 4 rings (SSSR count). The van der Waals surface area contributed by atoms with E-state index in [4.69, 9.17) is 4.98 Å². The molecule has 1 saturated heterocycles. The van der Waals surface area contributed by atoms with Crippen molar-refractivity contribution in [3.05, 3.63) is 46.4 Å². The maximum atomic E-state index is 12.3. The number of benzene rings is 1. The quantitative estimate of drug-likeness (QED) is 0.755. The van der Waals surface area contributed by atoms with Gasteiger partial charge in [0.1, 0.15) is 16.7 Å². The molecule has 0 radical (unpaired) electrons.